The minimum absolute atomic E-state index is 0.0451. The number of aliphatic imine (C=N–C) groups is 1. The molecule has 0 aliphatic carbocycles. The van der Waals surface area contributed by atoms with Crippen LogP contribution in [0.1, 0.15) is 42.5 Å². The molecule has 3 heterocycles. The topological polar surface area (TPSA) is 88.2 Å². The Hall–Kier alpha value is -3.09. The van der Waals surface area contributed by atoms with Gasteiger partial charge in [-0.25, -0.2) is 14.8 Å². The van der Waals surface area contributed by atoms with Crippen molar-refractivity contribution < 1.29 is 19.1 Å². The summed E-state index contributed by atoms with van der Waals surface area (Å²) in [6.45, 7) is 7.07. The third kappa shape index (κ3) is 3.08. The van der Waals surface area contributed by atoms with Gasteiger partial charge in [0.15, 0.2) is 22.9 Å². The molecule has 1 aliphatic rings. The standard InChI is InChI=1S/C19H21N3O4/c1-4-22(5-2)18-15(19(24)25-6-3)16(23)14(26-18)10-12-11-21-17-13(12)8-7-9-20-17/h7-11,23H,4-6H2,1-3H3/b12-10+. The molecule has 0 saturated carbocycles. The average Bonchev–Trinajstić information content (AvgIpc) is 3.19. The summed E-state index contributed by atoms with van der Waals surface area (Å²) >= 11 is 0. The number of anilines is 1. The van der Waals surface area contributed by atoms with Crippen molar-refractivity contribution in [3.63, 3.8) is 0 Å². The van der Waals surface area contributed by atoms with Crippen molar-refractivity contribution in [3.05, 3.63) is 35.2 Å². The number of ether oxygens (including phenoxy) is 1. The predicted molar refractivity (Wildman–Crippen MR) is 100 cm³/mol. The first kappa shape index (κ1) is 17.7. The second-order valence-corrected chi connectivity index (χ2v) is 5.62. The molecule has 0 aromatic carbocycles. The molecule has 0 fully saturated rings. The summed E-state index contributed by atoms with van der Waals surface area (Å²) in [5, 5.41) is 10.6. The predicted octanol–water partition coefficient (Wildman–Crippen LogP) is 3.66. The zero-order valence-corrected chi connectivity index (χ0v) is 15.0. The van der Waals surface area contributed by atoms with Crippen molar-refractivity contribution in [1.29, 1.82) is 0 Å². The van der Waals surface area contributed by atoms with Crippen LogP contribution in [0.5, 0.6) is 5.75 Å². The van der Waals surface area contributed by atoms with Crippen molar-refractivity contribution in [3.8, 4) is 5.75 Å². The normalized spacial score (nSPS) is 13.9. The molecule has 7 nitrogen and oxygen atoms in total. The van der Waals surface area contributed by atoms with Gasteiger partial charge in [0.05, 0.1) is 6.61 Å². The molecule has 0 radical (unpaired) electrons. The van der Waals surface area contributed by atoms with Crippen molar-refractivity contribution in [2.75, 3.05) is 24.6 Å². The lowest BCUT2D eigenvalue weighted by Gasteiger charge is -2.18. The lowest BCUT2D eigenvalue weighted by molar-refractivity contribution is 0.0523. The second kappa shape index (κ2) is 7.43. The molecular formula is C19H21N3O4. The molecule has 7 heteroatoms. The van der Waals surface area contributed by atoms with Gasteiger partial charge in [-0.05, 0) is 39.0 Å². The Kier molecular flexibility index (Phi) is 5.06. The fourth-order valence-electron chi connectivity index (χ4n) is 2.83. The summed E-state index contributed by atoms with van der Waals surface area (Å²) in [4.78, 5) is 22.6. The second-order valence-electron chi connectivity index (χ2n) is 5.62. The maximum absolute atomic E-state index is 12.3. The molecule has 1 N–H and O–H groups in total. The van der Waals surface area contributed by atoms with Crippen LogP contribution < -0.4 is 4.90 Å². The van der Waals surface area contributed by atoms with Gasteiger partial charge in [0.25, 0.3) is 0 Å². The highest BCUT2D eigenvalue weighted by Gasteiger charge is 2.29. The van der Waals surface area contributed by atoms with E-state index in [0.717, 1.165) is 11.1 Å². The quantitative estimate of drug-likeness (QED) is 0.796. The van der Waals surface area contributed by atoms with Gasteiger partial charge in [0.1, 0.15) is 0 Å². The molecule has 0 unspecified atom stereocenters. The molecule has 0 spiro atoms. The fraction of sp³-hybridized carbons (Fsp3) is 0.316. The Morgan fingerprint density at radius 3 is 2.81 bits per heavy atom. The number of hydrogen-bond donors (Lipinski definition) is 1. The number of furan rings is 1. The Labute approximate surface area is 151 Å². The maximum atomic E-state index is 12.3. The maximum Gasteiger partial charge on any atom is 0.347 e. The molecule has 1 aliphatic heterocycles. The van der Waals surface area contributed by atoms with Crippen LogP contribution in [-0.4, -0.2) is 42.0 Å². The average molecular weight is 355 g/mol. The molecule has 0 atom stereocenters. The van der Waals surface area contributed by atoms with Gasteiger partial charge in [-0.3, -0.25) is 0 Å². The first-order valence-corrected chi connectivity index (χ1v) is 8.59. The lowest BCUT2D eigenvalue weighted by Crippen LogP contribution is -2.23. The fourth-order valence-corrected chi connectivity index (χ4v) is 2.83. The van der Waals surface area contributed by atoms with Crippen LogP contribution in [0.15, 0.2) is 27.7 Å². The first-order chi connectivity index (χ1) is 12.6. The van der Waals surface area contributed by atoms with Gasteiger partial charge < -0.3 is 19.2 Å². The van der Waals surface area contributed by atoms with E-state index in [0.29, 0.717) is 24.8 Å². The van der Waals surface area contributed by atoms with E-state index in [4.69, 9.17) is 9.15 Å². The van der Waals surface area contributed by atoms with E-state index in [2.05, 4.69) is 9.98 Å². The van der Waals surface area contributed by atoms with Crippen LogP contribution in [0.4, 0.5) is 11.7 Å². The summed E-state index contributed by atoms with van der Waals surface area (Å²) < 4.78 is 10.9. The van der Waals surface area contributed by atoms with E-state index in [9.17, 15) is 9.90 Å². The van der Waals surface area contributed by atoms with Gasteiger partial charge in [0.2, 0.25) is 5.88 Å². The van der Waals surface area contributed by atoms with Crippen LogP contribution in [0.25, 0.3) is 11.6 Å². The summed E-state index contributed by atoms with van der Waals surface area (Å²) in [5.41, 5.74) is 1.63. The number of fused-ring (bicyclic) bond motifs is 1. The van der Waals surface area contributed by atoms with Crippen LogP contribution in [0.2, 0.25) is 0 Å². The molecule has 0 bridgehead atoms. The minimum atomic E-state index is -0.609. The van der Waals surface area contributed by atoms with E-state index in [1.54, 1.807) is 25.4 Å². The molecule has 26 heavy (non-hydrogen) atoms. The van der Waals surface area contributed by atoms with Gasteiger partial charge >= 0.3 is 5.97 Å². The third-order valence-electron chi connectivity index (χ3n) is 4.13. The summed E-state index contributed by atoms with van der Waals surface area (Å²) in [6.07, 6.45) is 4.98. The SMILES string of the molecule is CCOC(=O)c1c(N(CC)CC)oc(/C=C2\C=Nc3ncccc32)c1O. The van der Waals surface area contributed by atoms with Crippen molar-refractivity contribution in [1.82, 2.24) is 4.98 Å². The highest BCUT2D eigenvalue weighted by molar-refractivity contribution is 6.21. The number of nitrogens with zero attached hydrogens (tertiary/aromatic N) is 3. The zero-order valence-electron chi connectivity index (χ0n) is 15.0. The highest BCUT2D eigenvalue weighted by atomic mass is 16.5. The van der Waals surface area contributed by atoms with Crippen molar-refractivity contribution >= 4 is 35.5 Å². The number of carbonyl (C=O) groups is 1. The van der Waals surface area contributed by atoms with Gasteiger partial charge in [-0.1, -0.05) is 0 Å². The van der Waals surface area contributed by atoms with E-state index in [1.165, 1.54) is 0 Å². The Morgan fingerprint density at radius 2 is 2.12 bits per heavy atom. The first-order valence-electron chi connectivity index (χ1n) is 8.59. The number of esters is 1. The van der Waals surface area contributed by atoms with Crippen LogP contribution in [-0.2, 0) is 4.74 Å². The largest absolute Gasteiger partial charge is 0.504 e. The molecule has 136 valence electrons. The number of rotatable bonds is 6. The lowest BCUT2D eigenvalue weighted by atomic mass is 10.1. The molecule has 0 saturated heterocycles. The van der Waals surface area contributed by atoms with Gasteiger partial charge in [-0.15, -0.1) is 0 Å². The molecule has 2 aromatic rings. The smallest absolute Gasteiger partial charge is 0.347 e. The summed E-state index contributed by atoms with van der Waals surface area (Å²) in [7, 11) is 0. The van der Waals surface area contributed by atoms with E-state index >= 15 is 0 Å². The van der Waals surface area contributed by atoms with Gasteiger partial charge in [0, 0.05) is 36.6 Å². The Morgan fingerprint density at radius 1 is 1.35 bits per heavy atom. The number of aromatic nitrogens is 1. The van der Waals surface area contributed by atoms with Crippen LogP contribution in [0.3, 0.4) is 0 Å². The monoisotopic (exact) mass is 355 g/mol. The highest BCUT2D eigenvalue weighted by Crippen LogP contribution is 2.39. The third-order valence-corrected chi connectivity index (χ3v) is 4.13. The molecule has 0 amide bonds. The van der Waals surface area contributed by atoms with E-state index in [-0.39, 0.29) is 23.7 Å². The number of hydrogen-bond acceptors (Lipinski definition) is 7. The van der Waals surface area contributed by atoms with E-state index < -0.39 is 5.97 Å². The number of aromatic hydroxyl groups is 1. The number of allylic oxidation sites excluding steroid dienone is 1. The van der Waals surface area contributed by atoms with Gasteiger partial charge in [-0.2, -0.15) is 0 Å². The molecular weight excluding hydrogens is 334 g/mol. The number of pyridine rings is 1. The Bertz CT molecular complexity index is 879. The Balaban J connectivity index is 2.09. The van der Waals surface area contributed by atoms with E-state index in [1.807, 2.05) is 30.9 Å². The zero-order chi connectivity index (χ0) is 18.7. The summed E-state index contributed by atoms with van der Waals surface area (Å²) in [5.74, 6) is 0.262. The van der Waals surface area contributed by atoms with Crippen LogP contribution >= 0.6 is 0 Å². The van der Waals surface area contributed by atoms with Crippen LogP contribution in [0, 0.1) is 0 Å². The number of carbonyl (C=O) groups excluding carboxylic acids is 1. The molecule has 3 rings (SSSR count). The van der Waals surface area contributed by atoms with Crippen molar-refractivity contribution in [2.24, 2.45) is 4.99 Å². The minimum Gasteiger partial charge on any atom is -0.504 e. The molecule has 2 aromatic heterocycles. The summed E-state index contributed by atoms with van der Waals surface area (Å²) in [6, 6.07) is 3.70. The van der Waals surface area contributed by atoms with Crippen molar-refractivity contribution in [2.45, 2.75) is 20.8 Å².